The van der Waals surface area contributed by atoms with Crippen molar-refractivity contribution in [2.45, 2.75) is 51.4 Å². The van der Waals surface area contributed by atoms with E-state index in [1.807, 2.05) is 0 Å². The molecule has 3 aromatic rings. The number of aromatic nitrogens is 3. The van der Waals surface area contributed by atoms with Gasteiger partial charge < -0.3 is 0 Å². The average molecular weight is 390 g/mol. The zero-order chi connectivity index (χ0) is 15.8. The number of halogens is 1. The molecule has 0 unspecified atom stereocenters. The van der Waals surface area contributed by atoms with Gasteiger partial charge in [0.2, 0.25) is 4.96 Å². The van der Waals surface area contributed by atoms with Crippen LogP contribution in [0.5, 0.6) is 0 Å². The van der Waals surface area contributed by atoms with E-state index >= 15 is 0 Å². The molecule has 2 aromatic heterocycles. The standard InChI is InChI=1S/C18H20BrN3S/c1-2-15-16(12-8-10-14(19)11-9-12)20-18-22(15)21-17(23-18)13-6-4-3-5-7-13/h8-11,13H,2-7H2,1H3. The highest BCUT2D eigenvalue weighted by molar-refractivity contribution is 9.10. The third-order valence-electron chi connectivity index (χ3n) is 4.72. The molecular weight excluding hydrogens is 370 g/mol. The van der Waals surface area contributed by atoms with E-state index in [1.54, 1.807) is 11.3 Å². The predicted octanol–water partition coefficient (Wildman–Crippen LogP) is 5.83. The molecule has 1 fully saturated rings. The lowest BCUT2D eigenvalue weighted by molar-refractivity contribution is 0.439. The van der Waals surface area contributed by atoms with Gasteiger partial charge in [0.15, 0.2) is 0 Å². The highest BCUT2D eigenvalue weighted by Gasteiger charge is 2.22. The quantitative estimate of drug-likeness (QED) is 0.563. The van der Waals surface area contributed by atoms with Crippen LogP contribution < -0.4 is 0 Å². The molecule has 0 radical (unpaired) electrons. The molecule has 1 aliphatic carbocycles. The van der Waals surface area contributed by atoms with E-state index in [2.05, 4.69) is 51.6 Å². The summed E-state index contributed by atoms with van der Waals surface area (Å²) in [7, 11) is 0. The second-order valence-electron chi connectivity index (χ2n) is 6.24. The van der Waals surface area contributed by atoms with E-state index in [4.69, 9.17) is 10.1 Å². The molecule has 5 heteroatoms. The predicted molar refractivity (Wildman–Crippen MR) is 99.2 cm³/mol. The highest BCUT2D eigenvalue weighted by Crippen LogP contribution is 2.36. The normalized spacial score (nSPS) is 16.3. The summed E-state index contributed by atoms with van der Waals surface area (Å²) in [5, 5.41) is 6.22. The van der Waals surface area contributed by atoms with Crippen LogP contribution in [-0.2, 0) is 6.42 Å². The molecule has 120 valence electrons. The van der Waals surface area contributed by atoms with Crippen molar-refractivity contribution in [2.24, 2.45) is 0 Å². The molecule has 0 aliphatic heterocycles. The Balaban J connectivity index is 1.75. The average Bonchev–Trinajstić information content (AvgIpc) is 3.14. The van der Waals surface area contributed by atoms with Gasteiger partial charge in [-0.15, -0.1) is 0 Å². The third-order valence-corrected chi connectivity index (χ3v) is 6.32. The first-order chi connectivity index (χ1) is 11.3. The second kappa shape index (κ2) is 6.36. The molecular formula is C18H20BrN3S. The highest BCUT2D eigenvalue weighted by atomic mass is 79.9. The molecule has 0 saturated heterocycles. The molecule has 0 N–H and O–H groups in total. The van der Waals surface area contributed by atoms with Crippen molar-refractivity contribution in [2.75, 3.05) is 0 Å². The monoisotopic (exact) mass is 389 g/mol. The molecule has 1 aliphatic rings. The zero-order valence-corrected chi connectivity index (χ0v) is 15.7. The molecule has 23 heavy (non-hydrogen) atoms. The number of hydrogen-bond acceptors (Lipinski definition) is 3. The molecule has 3 nitrogen and oxygen atoms in total. The number of fused-ring (bicyclic) bond motifs is 1. The number of hydrogen-bond donors (Lipinski definition) is 0. The second-order valence-corrected chi connectivity index (χ2v) is 8.14. The van der Waals surface area contributed by atoms with Gasteiger partial charge in [0.05, 0.1) is 11.4 Å². The van der Waals surface area contributed by atoms with Crippen molar-refractivity contribution in [3.63, 3.8) is 0 Å². The Bertz CT molecular complexity index is 813. The Morgan fingerprint density at radius 1 is 1.17 bits per heavy atom. The third kappa shape index (κ3) is 2.85. The molecule has 0 bridgehead atoms. The lowest BCUT2D eigenvalue weighted by atomic mass is 9.90. The number of benzene rings is 1. The van der Waals surface area contributed by atoms with E-state index in [9.17, 15) is 0 Å². The smallest absolute Gasteiger partial charge is 0.212 e. The zero-order valence-electron chi connectivity index (χ0n) is 13.3. The van der Waals surface area contributed by atoms with Gasteiger partial charge in [-0.25, -0.2) is 9.50 Å². The van der Waals surface area contributed by atoms with Gasteiger partial charge in [-0.05, 0) is 31.4 Å². The molecule has 4 rings (SSSR count). The fourth-order valence-electron chi connectivity index (χ4n) is 3.48. The van der Waals surface area contributed by atoms with E-state index < -0.39 is 0 Å². The molecule has 1 saturated carbocycles. The Hall–Kier alpha value is -1.20. The Morgan fingerprint density at radius 2 is 1.91 bits per heavy atom. The van der Waals surface area contributed by atoms with E-state index in [0.717, 1.165) is 21.5 Å². The first-order valence-electron chi connectivity index (χ1n) is 8.40. The van der Waals surface area contributed by atoms with Crippen molar-refractivity contribution in [3.8, 4) is 11.3 Å². The van der Waals surface area contributed by atoms with E-state index in [-0.39, 0.29) is 0 Å². The van der Waals surface area contributed by atoms with Crippen molar-refractivity contribution in [3.05, 3.63) is 39.4 Å². The first kappa shape index (κ1) is 15.3. The van der Waals surface area contributed by atoms with Gasteiger partial charge in [-0.1, -0.05) is 65.6 Å². The summed E-state index contributed by atoms with van der Waals surface area (Å²) in [6.45, 7) is 2.19. The Morgan fingerprint density at radius 3 is 2.61 bits per heavy atom. The van der Waals surface area contributed by atoms with Crippen molar-refractivity contribution in [1.82, 2.24) is 14.6 Å². The van der Waals surface area contributed by atoms with Gasteiger partial charge in [0.1, 0.15) is 5.01 Å². The molecule has 2 heterocycles. The van der Waals surface area contributed by atoms with Crippen LogP contribution >= 0.6 is 27.3 Å². The fourth-order valence-corrected chi connectivity index (χ4v) is 4.83. The summed E-state index contributed by atoms with van der Waals surface area (Å²) in [6, 6.07) is 8.39. The van der Waals surface area contributed by atoms with Crippen LogP contribution in [0, 0.1) is 0 Å². The van der Waals surface area contributed by atoms with Crippen LogP contribution in [0.4, 0.5) is 0 Å². The van der Waals surface area contributed by atoms with E-state index in [0.29, 0.717) is 5.92 Å². The number of rotatable bonds is 3. The van der Waals surface area contributed by atoms with Crippen LogP contribution in [0.25, 0.3) is 16.2 Å². The lowest BCUT2D eigenvalue weighted by Crippen LogP contribution is -2.05. The molecule has 0 amide bonds. The summed E-state index contributed by atoms with van der Waals surface area (Å²) in [5.74, 6) is 0.649. The summed E-state index contributed by atoms with van der Waals surface area (Å²) in [6.07, 6.45) is 7.59. The van der Waals surface area contributed by atoms with Crippen LogP contribution in [0.3, 0.4) is 0 Å². The molecule has 1 aromatic carbocycles. The maximum atomic E-state index is 4.93. The molecule has 0 atom stereocenters. The van der Waals surface area contributed by atoms with Crippen LogP contribution in [-0.4, -0.2) is 14.6 Å². The van der Waals surface area contributed by atoms with Gasteiger partial charge >= 0.3 is 0 Å². The van der Waals surface area contributed by atoms with Gasteiger partial charge in [0.25, 0.3) is 0 Å². The van der Waals surface area contributed by atoms with Crippen LogP contribution in [0.15, 0.2) is 28.7 Å². The lowest BCUT2D eigenvalue weighted by Gasteiger charge is -2.18. The molecule has 0 spiro atoms. The summed E-state index contributed by atoms with van der Waals surface area (Å²) in [5.41, 5.74) is 3.47. The Kier molecular flexibility index (Phi) is 4.24. The maximum absolute atomic E-state index is 4.93. The van der Waals surface area contributed by atoms with Gasteiger partial charge in [-0.3, -0.25) is 0 Å². The van der Waals surface area contributed by atoms with Crippen LogP contribution in [0.1, 0.15) is 55.6 Å². The maximum Gasteiger partial charge on any atom is 0.212 e. The van der Waals surface area contributed by atoms with Crippen molar-refractivity contribution < 1.29 is 0 Å². The Labute approximate surface area is 148 Å². The van der Waals surface area contributed by atoms with Gasteiger partial charge in [-0.2, -0.15) is 5.10 Å². The minimum atomic E-state index is 0.649. The van der Waals surface area contributed by atoms with Crippen molar-refractivity contribution >= 4 is 32.2 Å². The van der Waals surface area contributed by atoms with Crippen molar-refractivity contribution in [1.29, 1.82) is 0 Å². The largest absolute Gasteiger partial charge is 0.217 e. The SMILES string of the molecule is CCc1c(-c2ccc(Br)cc2)nc2sc(C3CCCCC3)nn12. The summed E-state index contributed by atoms with van der Waals surface area (Å²) >= 11 is 5.28. The summed E-state index contributed by atoms with van der Waals surface area (Å²) < 4.78 is 3.18. The number of imidazole rings is 1. The first-order valence-corrected chi connectivity index (χ1v) is 10.0. The minimum absolute atomic E-state index is 0.649. The number of aryl methyl sites for hydroxylation is 1. The minimum Gasteiger partial charge on any atom is -0.217 e. The van der Waals surface area contributed by atoms with Crippen LogP contribution in [0.2, 0.25) is 0 Å². The number of nitrogens with zero attached hydrogens (tertiary/aromatic N) is 3. The topological polar surface area (TPSA) is 30.2 Å². The fraction of sp³-hybridized carbons (Fsp3) is 0.444. The summed E-state index contributed by atoms with van der Waals surface area (Å²) in [4.78, 5) is 5.94. The van der Waals surface area contributed by atoms with Gasteiger partial charge in [0, 0.05) is 16.0 Å². The van der Waals surface area contributed by atoms with E-state index in [1.165, 1.54) is 48.4 Å².